The number of piperidine rings is 2. The fourth-order valence-corrected chi connectivity index (χ4v) is 5.30. The number of benzene rings is 1. The fraction of sp³-hybridized carbons (Fsp3) is 0.647. The molecule has 0 saturated carbocycles. The van der Waals surface area contributed by atoms with Crippen LogP contribution in [0.4, 0.5) is 11.4 Å². The first kappa shape index (κ1) is 18.1. The van der Waals surface area contributed by atoms with E-state index in [0.29, 0.717) is 18.8 Å². The number of anilines is 1. The highest BCUT2D eigenvalue weighted by molar-refractivity contribution is 7.89. The topological polar surface area (TPSA) is 83.8 Å². The van der Waals surface area contributed by atoms with E-state index in [9.17, 15) is 18.5 Å². The molecule has 0 aromatic heterocycles. The predicted octanol–water partition coefficient (Wildman–Crippen LogP) is 3.15. The number of nitro groups is 1. The number of sulfonamides is 1. The van der Waals surface area contributed by atoms with Crippen LogP contribution < -0.4 is 4.90 Å². The Morgan fingerprint density at radius 3 is 2.40 bits per heavy atom. The van der Waals surface area contributed by atoms with Crippen molar-refractivity contribution in [1.29, 1.82) is 0 Å². The molecule has 25 heavy (non-hydrogen) atoms. The summed E-state index contributed by atoms with van der Waals surface area (Å²) >= 11 is 0. The van der Waals surface area contributed by atoms with Gasteiger partial charge in [0.25, 0.3) is 5.69 Å². The van der Waals surface area contributed by atoms with Crippen molar-refractivity contribution in [3.63, 3.8) is 0 Å². The van der Waals surface area contributed by atoms with E-state index in [2.05, 4.69) is 6.92 Å². The van der Waals surface area contributed by atoms with Crippen molar-refractivity contribution in [3.05, 3.63) is 28.3 Å². The van der Waals surface area contributed by atoms with Gasteiger partial charge < -0.3 is 4.90 Å². The first-order chi connectivity index (χ1) is 11.9. The first-order valence-electron chi connectivity index (χ1n) is 8.96. The number of hydrogen-bond acceptors (Lipinski definition) is 5. The summed E-state index contributed by atoms with van der Waals surface area (Å²) < 4.78 is 27.1. The van der Waals surface area contributed by atoms with E-state index in [-0.39, 0.29) is 16.6 Å². The Kier molecular flexibility index (Phi) is 5.29. The molecule has 1 atom stereocenters. The first-order valence-corrected chi connectivity index (χ1v) is 10.4. The second kappa shape index (κ2) is 7.29. The summed E-state index contributed by atoms with van der Waals surface area (Å²) in [5.74, 6) is 0. The fourth-order valence-electron chi connectivity index (χ4n) is 3.76. The number of nitro benzene ring substituents is 1. The highest BCUT2D eigenvalue weighted by atomic mass is 32.2. The van der Waals surface area contributed by atoms with Crippen LogP contribution in [0.25, 0.3) is 0 Å². The lowest BCUT2D eigenvalue weighted by molar-refractivity contribution is -0.384. The summed E-state index contributed by atoms with van der Waals surface area (Å²) in [6, 6.07) is 4.59. The molecule has 2 aliphatic heterocycles. The van der Waals surface area contributed by atoms with Gasteiger partial charge in [0.1, 0.15) is 5.69 Å². The normalized spacial score (nSPS) is 22.8. The molecular weight excluding hydrogens is 342 g/mol. The molecule has 2 heterocycles. The van der Waals surface area contributed by atoms with Crippen molar-refractivity contribution in [2.24, 2.45) is 0 Å². The molecule has 2 aliphatic rings. The SMILES string of the molecule is C[C@@H]1CCCCN1c1ccc(S(=O)(=O)N2CCCCC2)cc1[N+](=O)[O-]. The molecule has 7 nitrogen and oxygen atoms in total. The van der Waals surface area contributed by atoms with E-state index < -0.39 is 14.9 Å². The summed E-state index contributed by atoms with van der Waals surface area (Å²) in [6.07, 6.45) is 5.81. The van der Waals surface area contributed by atoms with Gasteiger partial charge >= 0.3 is 0 Å². The van der Waals surface area contributed by atoms with Gasteiger partial charge in [-0.3, -0.25) is 10.1 Å². The third kappa shape index (κ3) is 3.64. The molecule has 2 saturated heterocycles. The zero-order valence-corrected chi connectivity index (χ0v) is 15.4. The molecule has 8 heteroatoms. The van der Waals surface area contributed by atoms with Gasteiger partial charge in [-0.1, -0.05) is 6.42 Å². The maximum absolute atomic E-state index is 12.8. The number of hydrogen-bond donors (Lipinski definition) is 0. The minimum absolute atomic E-state index is 0.0227. The Labute approximate surface area is 148 Å². The molecule has 1 aromatic carbocycles. The molecule has 3 rings (SSSR count). The van der Waals surface area contributed by atoms with E-state index in [1.807, 2.05) is 4.90 Å². The van der Waals surface area contributed by atoms with Crippen molar-refractivity contribution in [3.8, 4) is 0 Å². The molecule has 0 aliphatic carbocycles. The lowest BCUT2D eigenvalue weighted by Crippen LogP contribution is -2.38. The molecule has 0 unspecified atom stereocenters. The zero-order valence-electron chi connectivity index (χ0n) is 14.6. The van der Waals surface area contributed by atoms with Crippen LogP contribution in [0.2, 0.25) is 0 Å². The lowest BCUT2D eigenvalue weighted by Gasteiger charge is -2.35. The van der Waals surface area contributed by atoms with Crippen molar-refractivity contribution >= 4 is 21.4 Å². The average Bonchev–Trinajstić information content (AvgIpc) is 2.62. The Morgan fingerprint density at radius 1 is 1.08 bits per heavy atom. The highest BCUT2D eigenvalue weighted by Crippen LogP contribution is 2.35. The van der Waals surface area contributed by atoms with E-state index >= 15 is 0 Å². The molecule has 1 aromatic rings. The van der Waals surface area contributed by atoms with E-state index in [4.69, 9.17) is 0 Å². The Bertz CT molecular complexity index is 744. The third-order valence-corrected chi connectivity index (χ3v) is 7.10. The second-order valence-electron chi connectivity index (χ2n) is 6.91. The van der Waals surface area contributed by atoms with Gasteiger partial charge in [-0.15, -0.1) is 0 Å². The van der Waals surface area contributed by atoms with Crippen molar-refractivity contribution in [2.45, 2.75) is 56.4 Å². The monoisotopic (exact) mass is 367 g/mol. The van der Waals surface area contributed by atoms with Crippen LogP contribution in [0, 0.1) is 10.1 Å². The largest absolute Gasteiger partial charge is 0.363 e. The van der Waals surface area contributed by atoms with E-state index in [1.54, 1.807) is 6.07 Å². The summed E-state index contributed by atoms with van der Waals surface area (Å²) in [4.78, 5) is 13.2. The quantitative estimate of drug-likeness (QED) is 0.603. The van der Waals surface area contributed by atoms with Crippen LogP contribution >= 0.6 is 0 Å². The minimum Gasteiger partial charge on any atom is -0.363 e. The molecule has 0 spiro atoms. The van der Waals surface area contributed by atoms with E-state index in [0.717, 1.165) is 45.1 Å². The summed E-state index contributed by atoms with van der Waals surface area (Å²) in [5, 5.41) is 11.6. The molecule has 0 radical (unpaired) electrons. The smallest absolute Gasteiger partial charge is 0.293 e. The van der Waals surface area contributed by atoms with Crippen LogP contribution in [0.5, 0.6) is 0 Å². The Balaban J connectivity index is 1.97. The summed E-state index contributed by atoms with van der Waals surface area (Å²) in [6.45, 7) is 3.80. The lowest BCUT2D eigenvalue weighted by atomic mass is 10.0. The van der Waals surface area contributed by atoms with Crippen LogP contribution in [-0.2, 0) is 10.0 Å². The maximum atomic E-state index is 12.8. The zero-order chi connectivity index (χ0) is 18.0. The highest BCUT2D eigenvalue weighted by Gasteiger charge is 2.31. The van der Waals surface area contributed by atoms with Crippen molar-refractivity contribution in [1.82, 2.24) is 4.31 Å². The second-order valence-corrected chi connectivity index (χ2v) is 8.85. The molecule has 0 bridgehead atoms. The van der Waals surface area contributed by atoms with E-state index in [1.165, 1.54) is 16.4 Å². The number of rotatable bonds is 4. The van der Waals surface area contributed by atoms with Gasteiger partial charge in [0, 0.05) is 31.7 Å². The van der Waals surface area contributed by atoms with Crippen LogP contribution in [0.3, 0.4) is 0 Å². The average molecular weight is 367 g/mol. The van der Waals surface area contributed by atoms with Crippen LogP contribution in [-0.4, -0.2) is 43.3 Å². The minimum atomic E-state index is -3.67. The van der Waals surface area contributed by atoms with Crippen LogP contribution in [0.15, 0.2) is 23.1 Å². The van der Waals surface area contributed by atoms with Crippen molar-refractivity contribution in [2.75, 3.05) is 24.5 Å². The van der Waals surface area contributed by atoms with Crippen LogP contribution in [0.1, 0.15) is 45.4 Å². The standard InChI is InChI=1S/C17H25N3O4S/c1-14-7-3-6-12-19(14)16-9-8-15(13-17(16)20(21)22)25(23,24)18-10-4-2-5-11-18/h8-9,13-14H,2-7,10-12H2,1H3/t14-/m1/s1. The molecule has 138 valence electrons. The van der Waals surface area contributed by atoms with Crippen molar-refractivity contribution < 1.29 is 13.3 Å². The Morgan fingerprint density at radius 2 is 1.76 bits per heavy atom. The van der Waals surface area contributed by atoms with Gasteiger partial charge in [0.05, 0.1) is 9.82 Å². The maximum Gasteiger partial charge on any atom is 0.293 e. The van der Waals surface area contributed by atoms with Gasteiger partial charge in [0.15, 0.2) is 0 Å². The molecule has 0 amide bonds. The molecule has 2 fully saturated rings. The van der Waals surface area contributed by atoms with Gasteiger partial charge in [0.2, 0.25) is 10.0 Å². The predicted molar refractivity (Wildman–Crippen MR) is 96.4 cm³/mol. The summed E-state index contributed by atoms with van der Waals surface area (Å²) in [5.41, 5.74) is 0.404. The van der Waals surface area contributed by atoms with Gasteiger partial charge in [-0.05, 0) is 51.2 Å². The third-order valence-electron chi connectivity index (χ3n) is 5.21. The molecular formula is C17H25N3O4S. The summed E-state index contributed by atoms with van der Waals surface area (Å²) in [7, 11) is -3.67. The van der Waals surface area contributed by atoms with Gasteiger partial charge in [-0.2, -0.15) is 4.31 Å². The Hall–Kier alpha value is -1.67. The number of nitrogens with zero attached hydrogens (tertiary/aromatic N) is 3. The molecule has 0 N–H and O–H groups in total. The van der Waals surface area contributed by atoms with Gasteiger partial charge in [-0.25, -0.2) is 8.42 Å².